The van der Waals surface area contributed by atoms with E-state index in [2.05, 4.69) is 27.1 Å². The zero-order chi connectivity index (χ0) is 23.3. The van der Waals surface area contributed by atoms with Crippen LogP contribution < -0.4 is 14.9 Å². The number of carboxylic acid groups (broad SMARTS) is 1. The second kappa shape index (κ2) is 10.0. The monoisotopic (exact) mass is 461 g/mol. The molecule has 32 heavy (non-hydrogen) atoms. The molecule has 0 bridgehead atoms. The fourth-order valence-electron chi connectivity index (χ4n) is 3.20. The molecule has 1 saturated carbocycles. The van der Waals surface area contributed by atoms with Crippen molar-refractivity contribution in [3.05, 3.63) is 41.9 Å². The van der Waals surface area contributed by atoms with Crippen molar-refractivity contribution in [2.45, 2.75) is 38.0 Å². The Morgan fingerprint density at radius 2 is 1.97 bits per heavy atom. The van der Waals surface area contributed by atoms with E-state index in [-0.39, 0.29) is 10.6 Å². The number of hydrogen-bond acceptors (Lipinski definition) is 7. The molecule has 1 aliphatic carbocycles. The number of carboxylic acids is 1. The van der Waals surface area contributed by atoms with Crippen LogP contribution in [-0.2, 0) is 14.8 Å². The topological polar surface area (TPSA) is 142 Å². The molecule has 2 aromatic rings. The van der Waals surface area contributed by atoms with Crippen LogP contribution in [0.2, 0.25) is 0 Å². The molecule has 0 aliphatic heterocycles. The van der Waals surface area contributed by atoms with E-state index in [0.717, 1.165) is 19.5 Å². The normalized spacial score (nSPS) is 13.6. The van der Waals surface area contributed by atoms with Gasteiger partial charge in [-0.05, 0) is 55.9 Å². The van der Waals surface area contributed by atoms with Gasteiger partial charge in [-0.3, -0.25) is 9.59 Å². The molecule has 1 aromatic heterocycles. The molecule has 172 valence electrons. The quantitative estimate of drug-likeness (QED) is 0.461. The van der Waals surface area contributed by atoms with E-state index in [0.29, 0.717) is 23.0 Å². The summed E-state index contributed by atoms with van der Waals surface area (Å²) >= 11 is 0. The number of hydrogen-bond donors (Lipinski definition) is 3. The minimum Gasteiger partial charge on any atom is -0.480 e. The highest BCUT2D eigenvalue weighted by atomic mass is 32.2. The largest absolute Gasteiger partial charge is 0.480 e. The van der Waals surface area contributed by atoms with Crippen LogP contribution in [0.25, 0.3) is 0 Å². The standard InChI is InChI=1S/C21H27N5O5S/c1-3-8-26(12-15-4-5-15)19-10-18(22-13-23-19)21(29)25-17-7-6-16(9-14(17)2)32(30,31)24-11-20(27)28/h6-7,9-10,13,15,24H,3-5,8,11-12H2,1-2H3,(H,25,29)(H,27,28). The summed E-state index contributed by atoms with van der Waals surface area (Å²) in [5, 5.41) is 11.4. The molecule has 3 N–H and O–H groups in total. The number of anilines is 2. The third-order valence-electron chi connectivity index (χ3n) is 5.05. The molecule has 3 rings (SSSR count). The number of aliphatic carboxylic acids is 1. The second-order valence-electron chi connectivity index (χ2n) is 7.80. The Balaban J connectivity index is 1.73. The van der Waals surface area contributed by atoms with Crippen molar-refractivity contribution < 1.29 is 23.1 Å². The van der Waals surface area contributed by atoms with Gasteiger partial charge in [0.05, 0.1) is 4.90 Å². The van der Waals surface area contributed by atoms with Gasteiger partial charge in [0.1, 0.15) is 24.4 Å². The van der Waals surface area contributed by atoms with Crippen LogP contribution >= 0.6 is 0 Å². The SMILES string of the molecule is CCCN(CC1CC1)c1cc(C(=O)Nc2ccc(S(=O)(=O)NCC(=O)O)cc2C)ncn1. The predicted octanol–water partition coefficient (Wildman–Crippen LogP) is 2.03. The Morgan fingerprint density at radius 1 is 1.22 bits per heavy atom. The molecule has 1 fully saturated rings. The van der Waals surface area contributed by atoms with Crippen LogP contribution in [0, 0.1) is 12.8 Å². The Morgan fingerprint density at radius 3 is 2.59 bits per heavy atom. The van der Waals surface area contributed by atoms with Crippen molar-refractivity contribution in [2.24, 2.45) is 5.92 Å². The van der Waals surface area contributed by atoms with Gasteiger partial charge in [-0.25, -0.2) is 18.4 Å². The first-order chi connectivity index (χ1) is 15.2. The van der Waals surface area contributed by atoms with Gasteiger partial charge in [0.2, 0.25) is 10.0 Å². The summed E-state index contributed by atoms with van der Waals surface area (Å²) in [7, 11) is -3.97. The zero-order valence-corrected chi connectivity index (χ0v) is 18.9. The predicted molar refractivity (Wildman–Crippen MR) is 119 cm³/mol. The maximum atomic E-state index is 12.8. The fraction of sp³-hybridized carbons (Fsp3) is 0.429. The highest BCUT2D eigenvalue weighted by Crippen LogP contribution is 2.31. The van der Waals surface area contributed by atoms with Gasteiger partial charge >= 0.3 is 5.97 Å². The summed E-state index contributed by atoms with van der Waals surface area (Å²) in [5.41, 5.74) is 1.15. The van der Waals surface area contributed by atoms with E-state index < -0.39 is 28.4 Å². The number of carbonyl (C=O) groups is 2. The van der Waals surface area contributed by atoms with Crippen LogP contribution in [0.3, 0.4) is 0 Å². The molecular formula is C21H27N5O5S. The second-order valence-corrected chi connectivity index (χ2v) is 9.57. The zero-order valence-electron chi connectivity index (χ0n) is 18.0. The lowest BCUT2D eigenvalue weighted by Crippen LogP contribution is -2.29. The number of nitrogens with zero attached hydrogens (tertiary/aromatic N) is 3. The van der Waals surface area contributed by atoms with Crippen LogP contribution in [-0.4, -0.2) is 55.0 Å². The maximum Gasteiger partial charge on any atom is 0.318 e. The van der Waals surface area contributed by atoms with Crippen molar-refractivity contribution in [1.82, 2.24) is 14.7 Å². The van der Waals surface area contributed by atoms with Gasteiger partial charge in [-0.1, -0.05) is 6.92 Å². The molecule has 0 atom stereocenters. The van der Waals surface area contributed by atoms with Gasteiger partial charge in [-0.15, -0.1) is 0 Å². The molecule has 1 aromatic carbocycles. The first-order valence-electron chi connectivity index (χ1n) is 10.4. The Labute approximate surface area is 187 Å². The lowest BCUT2D eigenvalue weighted by atomic mass is 10.2. The fourth-order valence-corrected chi connectivity index (χ4v) is 4.25. The van der Waals surface area contributed by atoms with E-state index in [4.69, 9.17) is 5.11 Å². The van der Waals surface area contributed by atoms with Crippen molar-refractivity contribution >= 4 is 33.4 Å². The minimum absolute atomic E-state index is 0.0890. The van der Waals surface area contributed by atoms with Crippen molar-refractivity contribution in [1.29, 1.82) is 0 Å². The summed E-state index contributed by atoms with van der Waals surface area (Å²) < 4.78 is 26.4. The van der Waals surface area contributed by atoms with Crippen LogP contribution in [0.4, 0.5) is 11.5 Å². The number of nitrogens with one attached hydrogen (secondary N) is 2. The molecular weight excluding hydrogens is 434 g/mol. The van der Waals surface area contributed by atoms with Gasteiger partial charge in [-0.2, -0.15) is 4.72 Å². The van der Waals surface area contributed by atoms with Gasteiger partial charge in [0.25, 0.3) is 5.91 Å². The summed E-state index contributed by atoms with van der Waals surface area (Å²) in [6, 6.07) is 5.79. The van der Waals surface area contributed by atoms with Crippen LogP contribution in [0.15, 0.2) is 35.5 Å². The number of benzene rings is 1. The third kappa shape index (κ3) is 6.24. The Bertz CT molecular complexity index is 1100. The Kier molecular flexibility index (Phi) is 7.41. The summed E-state index contributed by atoms with van der Waals surface area (Å²) in [6.07, 6.45) is 4.77. The van der Waals surface area contributed by atoms with Gasteiger partial charge in [0, 0.05) is 24.8 Å². The number of amides is 1. The third-order valence-corrected chi connectivity index (χ3v) is 6.45. The smallest absolute Gasteiger partial charge is 0.318 e. The summed E-state index contributed by atoms with van der Waals surface area (Å²) in [6.45, 7) is 4.79. The molecule has 11 heteroatoms. The molecule has 1 aliphatic rings. The molecule has 0 saturated heterocycles. The highest BCUT2D eigenvalue weighted by Gasteiger charge is 2.25. The lowest BCUT2D eigenvalue weighted by Gasteiger charge is -2.23. The first kappa shape index (κ1) is 23.6. The van der Waals surface area contributed by atoms with E-state index in [9.17, 15) is 18.0 Å². The molecule has 10 nitrogen and oxygen atoms in total. The minimum atomic E-state index is -3.97. The van der Waals surface area contributed by atoms with Crippen LogP contribution in [0.1, 0.15) is 42.2 Å². The van der Waals surface area contributed by atoms with E-state index in [1.54, 1.807) is 13.0 Å². The molecule has 1 amide bonds. The number of aryl methyl sites for hydroxylation is 1. The van der Waals surface area contributed by atoms with Crippen molar-refractivity contribution in [3.8, 4) is 0 Å². The van der Waals surface area contributed by atoms with Crippen molar-refractivity contribution in [2.75, 3.05) is 29.9 Å². The van der Waals surface area contributed by atoms with E-state index in [1.807, 2.05) is 4.72 Å². The van der Waals surface area contributed by atoms with Gasteiger partial charge in [0.15, 0.2) is 0 Å². The van der Waals surface area contributed by atoms with Crippen molar-refractivity contribution in [3.63, 3.8) is 0 Å². The number of sulfonamides is 1. The average molecular weight is 462 g/mol. The molecule has 0 radical (unpaired) electrons. The van der Waals surface area contributed by atoms with Gasteiger partial charge < -0.3 is 15.3 Å². The summed E-state index contributed by atoms with van der Waals surface area (Å²) in [5.74, 6) is -0.329. The average Bonchev–Trinajstić information content (AvgIpc) is 3.57. The lowest BCUT2D eigenvalue weighted by molar-refractivity contribution is -0.135. The number of rotatable bonds is 11. The number of carbonyl (C=O) groups excluding carboxylic acids is 1. The number of aromatic nitrogens is 2. The van der Waals surface area contributed by atoms with Crippen LogP contribution in [0.5, 0.6) is 0 Å². The molecule has 0 unspecified atom stereocenters. The Hall–Kier alpha value is -3.05. The van der Waals surface area contributed by atoms with E-state index >= 15 is 0 Å². The molecule has 1 heterocycles. The van der Waals surface area contributed by atoms with E-state index in [1.165, 1.54) is 37.4 Å². The summed E-state index contributed by atoms with van der Waals surface area (Å²) in [4.78, 5) is 33.9. The highest BCUT2D eigenvalue weighted by molar-refractivity contribution is 7.89. The first-order valence-corrected chi connectivity index (χ1v) is 11.9. The molecule has 0 spiro atoms. The maximum absolute atomic E-state index is 12.8.